The zero-order valence-corrected chi connectivity index (χ0v) is 14.0. The number of aliphatic hydroxyl groups is 1. The summed E-state index contributed by atoms with van der Waals surface area (Å²) in [5.74, 6) is 0.0457. The Balaban J connectivity index is 0.00000400. The molecule has 0 spiro atoms. The molecule has 0 heterocycles. The molecule has 0 saturated heterocycles. The van der Waals surface area contributed by atoms with Gasteiger partial charge < -0.3 is 16.6 Å². The van der Waals surface area contributed by atoms with E-state index >= 15 is 0 Å². The second-order valence-corrected chi connectivity index (χ2v) is 6.66. The first kappa shape index (κ1) is 20.1. The molecule has 0 radical (unpaired) electrons. The van der Waals surface area contributed by atoms with Gasteiger partial charge in [-0.25, -0.2) is 0 Å². The van der Waals surface area contributed by atoms with Crippen LogP contribution in [0.4, 0.5) is 0 Å². The second kappa shape index (κ2) is 6.88. The standard InChI is InChI=1S/C16H26N2O2.ClH/c1-14(2,16(18,20)15(3,4)17)11-10-13(19)12-8-6-5-7-9-12;/h5-9,20H,10-11,17-18H2,1-4H3;1H. The van der Waals surface area contributed by atoms with E-state index in [1.54, 1.807) is 26.0 Å². The van der Waals surface area contributed by atoms with Gasteiger partial charge in [0.2, 0.25) is 0 Å². The van der Waals surface area contributed by atoms with E-state index < -0.39 is 16.7 Å². The lowest BCUT2D eigenvalue weighted by molar-refractivity contribution is -0.113. The summed E-state index contributed by atoms with van der Waals surface area (Å²) in [6, 6.07) is 9.12. The third kappa shape index (κ3) is 4.51. The summed E-state index contributed by atoms with van der Waals surface area (Å²) in [7, 11) is 0. The van der Waals surface area contributed by atoms with E-state index in [1.807, 2.05) is 32.0 Å². The maximum absolute atomic E-state index is 12.1. The Kier molecular flexibility index (Phi) is 6.57. The molecule has 1 rings (SSSR count). The molecular formula is C16H27ClN2O2. The molecule has 0 amide bonds. The average Bonchev–Trinajstić information content (AvgIpc) is 2.35. The topological polar surface area (TPSA) is 89.3 Å². The van der Waals surface area contributed by atoms with Gasteiger partial charge in [-0.15, -0.1) is 12.4 Å². The highest BCUT2D eigenvalue weighted by atomic mass is 35.5. The fraction of sp³-hybridized carbons (Fsp3) is 0.562. The summed E-state index contributed by atoms with van der Waals surface area (Å²) in [6.45, 7) is 7.04. The molecule has 5 heteroatoms. The van der Waals surface area contributed by atoms with Crippen LogP contribution in [-0.4, -0.2) is 22.2 Å². The van der Waals surface area contributed by atoms with Gasteiger partial charge in [0.25, 0.3) is 0 Å². The molecule has 0 aliphatic rings. The van der Waals surface area contributed by atoms with Crippen molar-refractivity contribution in [2.24, 2.45) is 16.9 Å². The molecule has 5 N–H and O–H groups in total. The van der Waals surface area contributed by atoms with E-state index in [-0.39, 0.29) is 18.2 Å². The molecule has 0 aliphatic heterocycles. The van der Waals surface area contributed by atoms with Gasteiger partial charge in [0, 0.05) is 17.4 Å². The van der Waals surface area contributed by atoms with Gasteiger partial charge >= 0.3 is 0 Å². The van der Waals surface area contributed by atoms with Gasteiger partial charge in [0.1, 0.15) is 5.72 Å². The van der Waals surface area contributed by atoms with Crippen LogP contribution in [0.1, 0.15) is 50.9 Å². The predicted molar refractivity (Wildman–Crippen MR) is 88.4 cm³/mol. The van der Waals surface area contributed by atoms with Gasteiger partial charge in [-0.3, -0.25) is 4.79 Å². The first-order chi connectivity index (χ1) is 8.99. The van der Waals surface area contributed by atoms with Gasteiger partial charge in [-0.2, -0.15) is 0 Å². The number of carbonyl (C=O) groups is 1. The lowest BCUT2D eigenvalue weighted by Gasteiger charge is -2.48. The van der Waals surface area contributed by atoms with Crippen molar-refractivity contribution in [2.75, 3.05) is 0 Å². The number of hydrogen-bond acceptors (Lipinski definition) is 4. The summed E-state index contributed by atoms with van der Waals surface area (Å²) < 4.78 is 0. The van der Waals surface area contributed by atoms with Crippen LogP contribution >= 0.6 is 12.4 Å². The molecule has 0 bridgehead atoms. The minimum atomic E-state index is -1.56. The van der Waals surface area contributed by atoms with E-state index in [2.05, 4.69) is 0 Å². The molecule has 0 fully saturated rings. The third-order valence-electron chi connectivity index (χ3n) is 4.09. The fourth-order valence-corrected chi connectivity index (χ4v) is 2.26. The van der Waals surface area contributed by atoms with Crippen LogP contribution in [0, 0.1) is 5.41 Å². The molecule has 1 atom stereocenters. The zero-order chi connectivity index (χ0) is 15.6. The highest BCUT2D eigenvalue weighted by Gasteiger charge is 2.49. The average molecular weight is 315 g/mol. The lowest BCUT2D eigenvalue weighted by Crippen LogP contribution is -2.69. The van der Waals surface area contributed by atoms with Crippen molar-refractivity contribution >= 4 is 18.2 Å². The van der Waals surface area contributed by atoms with Crippen LogP contribution in [0.2, 0.25) is 0 Å². The Labute approximate surface area is 133 Å². The smallest absolute Gasteiger partial charge is 0.162 e. The summed E-state index contributed by atoms with van der Waals surface area (Å²) in [5.41, 5.74) is 9.47. The van der Waals surface area contributed by atoms with Crippen LogP contribution in [0.25, 0.3) is 0 Å². The molecular weight excluding hydrogens is 288 g/mol. The van der Waals surface area contributed by atoms with Crippen LogP contribution in [0.15, 0.2) is 30.3 Å². The van der Waals surface area contributed by atoms with Crippen LogP contribution < -0.4 is 11.5 Å². The molecule has 0 aliphatic carbocycles. The van der Waals surface area contributed by atoms with E-state index in [0.717, 1.165) is 0 Å². The van der Waals surface area contributed by atoms with Crippen molar-refractivity contribution in [3.05, 3.63) is 35.9 Å². The maximum atomic E-state index is 12.1. The van der Waals surface area contributed by atoms with E-state index in [0.29, 0.717) is 18.4 Å². The van der Waals surface area contributed by atoms with Crippen molar-refractivity contribution in [1.82, 2.24) is 0 Å². The number of Topliss-reactive ketones (excluding diaryl/α,β-unsaturated/α-hetero) is 1. The second-order valence-electron chi connectivity index (χ2n) is 6.66. The van der Waals surface area contributed by atoms with Crippen molar-refractivity contribution in [1.29, 1.82) is 0 Å². The Morgan fingerprint density at radius 1 is 1.10 bits per heavy atom. The first-order valence-corrected chi connectivity index (χ1v) is 6.87. The molecule has 4 nitrogen and oxygen atoms in total. The van der Waals surface area contributed by atoms with E-state index in [4.69, 9.17) is 11.5 Å². The van der Waals surface area contributed by atoms with Crippen molar-refractivity contribution in [2.45, 2.75) is 51.8 Å². The third-order valence-corrected chi connectivity index (χ3v) is 4.09. The van der Waals surface area contributed by atoms with E-state index in [1.165, 1.54) is 0 Å². The van der Waals surface area contributed by atoms with E-state index in [9.17, 15) is 9.90 Å². The normalized spacial score (nSPS) is 15.0. The largest absolute Gasteiger partial charge is 0.374 e. The van der Waals surface area contributed by atoms with Crippen molar-refractivity contribution < 1.29 is 9.90 Å². The molecule has 0 aromatic heterocycles. The quantitative estimate of drug-likeness (QED) is 0.556. The maximum Gasteiger partial charge on any atom is 0.162 e. The monoisotopic (exact) mass is 314 g/mol. The number of rotatable bonds is 6. The number of carbonyl (C=O) groups excluding carboxylic acids is 1. The zero-order valence-electron chi connectivity index (χ0n) is 13.2. The van der Waals surface area contributed by atoms with Crippen LogP contribution in [0.3, 0.4) is 0 Å². The number of ketones is 1. The van der Waals surface area contributed by atoms with Crippen LogP contribution in [0.5, 0.6) is 0 Å². The fourth-order valence-electron chi connectivity index (χ4n) is 2.26. The molecule has 1 aromatic carbocycles. The summed E-state index contributed by atoms with van der Waals surface area (Å²) in [5, 5.41) is 10.5. The minimum Gasteiger partial charge on any atom is -0.374 e. The molecule has 1 aromatic rings. The number of hydrogen-bond donors (Lipinski definition) is 3. The van der Waals surface area contributed by atoms with Gasteiger partial charge in [-0.05, 0) is 20.3 Å². The summed E-state index contributed by atoms with van der Waals surface area (Å²) in [4.78, 5) is 12.1. The number of halogens is 1. The highest BCUT2D eigenvalue weighted by Crippen LogP contribution is 2.38. The number of benzene rings is 1. The molecule has 21 heavy (non-hydrogen) atoms. The summed E-state index contributed by atoms with van der Waals surface area (Å²) in [6.07, 6.45) is 0.793. The molecule has 1 unspecified atom stereocenters. The predicted octanol–water partition coefficient (Wildman–Crippen LogP) is 2.48. The summed E-state index contributed by atoms with van der Waals surface area (Å²) >= 11 is 0. The van der Waals surface area contributed by atoms with Gasteiger partial charge in [0.15, 0.2) is 5.78 Å². The molecule has 120 valence electrons. The Bertz CT molecular complexity index is 465. The Morgan fingerprint density at radius 3 is 2.00 bits per heavy atom. The first-order valence-electron chi connectivity index (χ1n) is 6.87. The lowest BCUT2D eigenvalue weighted by atomic mass is 9.69. The van der Waals surface area contributed by atoms with Crippen LogP contribution in [-0.2, 0) is 0 Å². The minimum absolute atomic E-state index is 0. The van der Waals surface area contributed by atoms with Crippen molar-refractivity contribution in [3.63, 3.8) is 0 Å². The number of nitrogens with two attached hydrogens (primary N) is 2. The van der Waals surface area contributed by atoms with Crippen molar-refractivity contribution in [3.8, 4) is 0 Å². The van der Waals surface area contributed by atoms with Gasteiger partial charge in [-0.1, -0.05) is 44.2 Å². The highest BCUT2D eigenvalue weighted by molar-refractivity contribution is 5.95. The SMILES string of the molecule is CC(C)(N)C(N)(O)C(C)(C)CCC(=O)c1ccccc1.Cl. The van der Waals surface area contributed by atoms with Gasteiger partial charge in [0.05, 0.1) is 5.54 Å². The Hall–Kier alpha value is -0.940. The Morgan fingerprint density at radius 2 is 1.57 bits per heavy atom. The molecule has 0 saturated carbocycles.